The number of carbonyl (C=O) groups excluding carboxylic acids is 1. The lowest BCUT2D eigenvalue weighted by Gasteiger charge is -2.28. The van der Waals surface area contributed by atoms with Crippen molar-refractivity contribution in [1.82, 2.24) is 0 Å². The van der Waals surface area contributed by atoms with Gasteiger partial charge >= 0.3 is 6.18 Å². The minimum atomic E-state index is -4.81. The molecule has 0 aliphatic heterocycles. The maximum Gasteiger partial charge on any atom is 0.419 e. The lowest BCUT2D eigenvalue weighted by molar-refractivity contribution is -0.140. The molecule has 0 atom stereocenters. The van der Waals surface area contributed by atoms with Crippen molar-refractivity contribution in [2.24, 2.45) is 0 Å². The van der Waals surface area contributed by atoms with Crippen LogP contribution >= 0.6 is 0 Å². The molecule has 2 aromatic rings. The Bertz CT molecular complexity index is 765. The van der Waals surface area contributed by atoms with E-state index >= 15 is 0 Å². The van der Waals surface area contributed by atoms with Crippen LogP contribution in [0.4, 0.5) is 23.2 Å². The average Bonchev–Trinajstić information content (AvgIpc) is 3.07. The molecule has 1 amide bonds. The number of carbonyl (C=O) groups is 1. The normalized spacial score (nSPS) is 16.6. The molecule has 0 spiro atoms. The van der Waals surface area contributed by atoms with E-state index < -0.39 is 23.0 Å². The summed E-state index contributed by atoms with van der Waals surface area (Å²) in [5.41, 5.74) is -1.34. The number of hydrogen-bond acceptors (Lipinski definition) is 1. The standard InChI is InChI=1S/C19H17F4NO/c20-16-9-8-14(12-15(16)19(21,22)23)24-17(25)18(10-4-5-11-18)13-6-2-1-3-7-13/h1-3,6-9,12H,4-5,10-11H2,(H,24,25). The third-order valence-electron chi connectivity index (χ3n) is 4.75. The van der Waals surface area contributed by atoms with Gasteiger partial charge in [-0.1, -0.05) is 43.2 Å². The first-order valence-electron chi connectivity index (χ1n) is 8.07. The van der Waals surface area contributed by atoms with Crippen LogP contribution in [0.5, 0.6) is 0 Å². The lowest BCUT2D eigenvalue weighted by Crippen LogP contribution is -2.38. The summed E-state index contributed by atoms with van der Waals surface area (Å²) >= 11 is 0. The largest absolute Gasteiger partial charge is 0.419 e. The van der Waals surface area contributed by atoms with Gasteiger partial charge in [0.2, 0.25) is 5.91 Å². The Labute approximate surface area is 142 Å². The summed E-state index contributed by atoms with van der Waals surface area (Å²) in [6.07, 6.45) is -1.79. The highest BCUT2D eigenvalue weighted by Gasteiger charge is 2.43. The van der Waals surface area contributed by atoms with Crippen molar-refractivity contribution in [3.8, 4) is 0 Å². The third-order valence-corrected chi connectivity index (χ3v) is 4.75. The van der Waals surface area contributed by atoms with Crippen LogP contribution in [0.25, 0.3) is 0 Å². The van der Waals surface area contributed by atoms with Gasteiger partial charge in [0.05, 0.1) is 11.0 Å². The number of rotatable bonds is 3. The van der Waals surface area contributed by atoms with Gasteiger partial charge in [-0.3, -0.25) is 4.79 Å². The number of anilines is 1. The average molecular weight is 351 g/mol. The quantitative estimate of drug-likeness (QED) is 0.748. The molecule has 2 aromatic carbocycles. The summed E-state index contributed by atoms with van der Waals surface area (Å²) in [7, 11) is 0. The van der Waals surface area contributed by atoms with Crippen LogP contribution in [0.15, 0.2) is 48.5 Å². The number of halogens is 4. The monoisotopic (exact) mass is 351 g/mol. The zero-order valence-electron chi connectivity index (χ0n) is 13.4. The van der Waals surface area contributed by atoms with E-state index in [0.29, 0.717) is 18.9 Å². The van der Waals surface area contributed by atoms with Crippen LogP contribution in [0, 0.1) is 5.82 Å². The topological polar surface area (TPSA) is 29.1 Å². The molecule has 6 heteroatoms. The fourth-order valence-electron chi connectivity index (χ4n) is 3.45. The molecule has 0 unspecified atom stereocenters. The summed E-state index contributed by atoms with van der Waals surface area (Å²) in [6, 6.07) is 11.7. The zero-order chi connectivity index (χ0) is 18.1. The van der Waals surface area contributed by atoms with Crippen LogP contribution in [-0.2, 0) is 16.4 Å². The molecule has 1 aliphatic rings. The molecule has 1 N–H and O–H groups in total. The van der Waals surface area contributed by atoms with E-state index in [1.807, 2.05) is 30.3 Å². The molecule has 0 aromatic heterocycles. The highest BCUT2D eigenvalue weighted by atomic mass is 19.4. The third kappa shape index (κ3) is 3.38. The summed E-state index contributed by atoms with van der Waals surface area (Å²) in [5.74, 6) is -1.71. The van der Waals surface area contributed by atoms with Crippen molar-refractivity contribution in [3.63, 3.8) is 0 Å². The first-order chi connectivity index (χ1) is 11.8. The van der Waals surface area contributed by atoms with Crippen molar-refractivity contribution in [2.45, 2.75) is 37.3 Å². The SMILES string of the molecule is O=C(Nc1ccc(F)c(C(F)(F)F)c1)C1(c2ccccc2)CCCC1. The molecule has 1 fully saturated rings. The fourth-order valence-corrected chi connectivity index (χ4v) is 3.45. The van der Waals surface area contributed by atoms with Crippen LogP contribution < -0.4 is 5.32 Å². The molecule has 132 valence electrons. The molecular formula is C19H17F4NO. The van der Waals surface area contributed by atoms with Crippen molar-refractivity contribution >= 4 is 11.6 Å². The summed E-state index contributed by atoms with van der Waals surface area (Å²) in [6.45, 7) is 0. The van der Waals surface area contributed by atoms with E-state index in [4.69, 9.17) is 0 Å². The van der Waals surface area contributed by atoms with E-state index in [0.717, 1.165) is 30.5 Å². The molecule has 1 aliphatic carbocycles. The van der Waals surface area contributed by atoms with Gasteiger partial charge in [0, 0.05) is 5.69 Å². The van der Waals surface area contributed by atoms with E-state index in [-0.39, 0.29) is 11.6 Å². The van der Waals surface area contributed by atoms with E-state index in [1.165, 1.54) is 0 Å². The first-order valence-corrected chi connectivity index (χ1v) is 8.07. The van der Waals surface area contributed by atoms with Crippen LogP contribution in [0.2, 0.25) is 0 Å². The van der Waals surface area contributed by atoms with Crippen molar-refractivity contribution in [1.29, 1.82) is 0 Å². The Hall–Kier alpha value is -2.37. The number of amides is 1. The predicted molar refractivity (Wildman–Crippen MR) is 86.6 cm³/mol. The van der Waals surface area contributed by atoms with Gasteiger partial charge in [-0.15, -0.1) is 0 Å². The molecular weight excluding hydrogens is 334 g/mol. The Kier molecular flexibility index (Phi) is 4.54. The molecule has 0 radical (unpaired) electrons. The molecule has 1 saturated carbocycles. The second-order valence-electron chi connectivity index (χ2n) is 6.30. The molecule has 0 bridgehead atoms. The van der Waals surface area contributed by atoms with E-state index in [1.54, 1.807) is 0 Å². The molecule has 3 rings (SSSR count). The Morgan fingerprint density at radius 2 is 1.64 bits per heavy atom. The van der Waals surface area contributed by atoms with Gasteiger partial charge in [0.1, 0.15) is 5.82 Å². The number of alkyl halides is 3. The van der Waals surface area contributed by atoms with Crippen molar-refractivity contribution < 1.29 is 22.4 Å². The molecule has 25 heavy (non-hydrogen) atoms. The molecule has 2 nitrogen and oxygen atoms in total. The van der Waals surface area contributed by atoms with Crippen molar-refractivity contribution in [3.05, 3.63) is 65.5 Å². The first kappa shape index (κ1) is 17.5. The number of benzene rings is 2. The minimum absolute atomic E-state index is 0.0547. The van der Waals surface area contributed by atoms with Crippen LogP contribution in [0.1, 0.15) is 36.8 Å². The Balaban J connectivity index is 1.91. The summed E-state index contributed by atoms with van der Waals surface area (Å²) in [5, 5.41) is 2.56. The van der Waals surface area contributed by atoms with Gasteiger partial charge < -0.3 is 5.32 Å². The maximum atomic E-state index is 13.4. The van der Waals surface area contributed by atoms with Crippen LogP contribution in [-0.4, -0.2) is 5.91 Å². The second kappa shape index (κ2) is 6.50. The van der Waals surface area contributed by atoms with Gasteiger partial charge in [0.25, 0.3) is 0 Å². The van der Waals surface area contributed by atoms with Gasteiger partial charge in [-0.25, -0.2) is 4.39 Å². The Morgan fingerprint density at radius 3 is 2.24 bits per heavy atom. The van der Waals surface area contributed by atoms with Crippen LogP contribution in [0.3, 0.4) is 0 Å². The summed E-state index contributed by atoms with van der Waals surface area (Å²) in [4.78, 5) is 12.9. The molecule has 0 heterocycles. The van der Waals surface area contributed by atoms with Crippen molar-refractivity contribution in [2.75, 3.05) is 5.32 Å². The smallest absolute Gasteiger partial charge is 0.325 e. The highest BCUT2D eigenvalue weighted by Crippen LogP contribution is 2.42. The second-order valence-corrected chi connectivity index (χ2v) is 6.30. The van der Waals surface area contributed by atoms with E-state index in [2.05, 4.69) is 5.32 Å². The highest BCUT2D eigenvalue weighted by molar-refractivity contribution is 5.99. The molecule has 0 saturated heterocycles. The zero-order valence-corrected chi connectivity index (χ0v) is 13.4. The van der Waals surface area contributed by atoms with Gasteiger partial charge in [-0.2, -0.15) is 13.2 Å². The van der Waals surface area contributed by atoms with Gasteiger partial charge in [-0.05, 0) is 36.6 Å². The number of hydrogen-bond donors (Lipinski definition) is 1. The van der Waals surface area contributed by atoms with Gasteiger partial charge in [0.15, 0.2) is 0 Å². The Morgan fingerprint density at radius 1 is 1.00 bits per heavy atom. The number of nitrogens with one attached hydrogen (secondary N) is 1. The minimum Gasteiger partial charge on any atom is -0.325 e. The fraction of sp³-hybridized carbons (Fsp3) is 0.316. The van der Waals surface area contributed by atoms with E-state index in [9.17, 15) is 22.4 Å². The maximum absolute atomic E-state index is 13.4. The lowest BCUT2D eigenvalue weighted by atomic mass is 9.78. The summed E-state index contributed by atoms with van der Waals surface area (Å²) < 4.78 is 52.0. The predicted octanol–water partition coefficient (Wildman–Crippen LogP) is 5.30.